The molecular weight excluding hydrogens is 467 g/mol. The highest BCUT2D eigenvalue weighted by Gasteiger charge is 2.41. The Kier molecular flexibility index (Phi) is 6.03. The number of fused-ring (bicyclic) bond motifs is 1. The smallest absolute Gasteiger partial charge is 0.366 e. The summed E-state index contributed by atoms with van der Waals surface area (Å²) >= 11 is 3.38. The highest BCUT2D eigenvalue weighted by molar-refractivity contribution is 9.10. The fourth-order valence-electron chi connectivity index (χ4n) is 3.49. The van der Waals surface area contributed by atoms with Crippen molar-refractivity contribution < 1.29 is 18.8 Å². The quantitative estimate of drug-likeness (QED) is 0.530. The Morgan fingerprint density at radius 3 is 2.68 bits per heavy atom. The molecule has 0 bridgehead atoms. The number of hydrogen-bond acceptors (Lipinski definition) is 5. The summed E-state index contributed by atoms with van der Waals surface area (Å²) in [5.74, 6) is 0.917. The van der Waals surface area contributed by atoms with Gasteiger partial charge in [-0.2, -0.15) is 0 Å². The van der Waals surface area contributed by atoms with E-state index in [1.165, 1.54) is 24.3 Å². The molecule has 3 aromatic rings. The molecule has 0 saturated carbocycles. The molecule has 1 unspecified atom stereocenters. The van der Waals surface area contributed by atoms with Crippen molar-refractivity contribution >= 4 is 38.3 Å². The third-order valence-electron chi connectivity index (χ3n) is 5.12. The Labute approximate surface area is 186 Å². The highest BCUT2D eigenvalue weighted by Crippen LogP contribution is 2.37. The van der Waals surface area contributed by atoms with Gasteiger partial charge in [0.25, 0.3) is 5.91 Å². The van der Waals surface area contributed by atoms with Crippen LogP contribution < -0.4 is 10.9 Å². The van der Waals surface area contributed by atoms with E-state index in [0.29, 0.717) is 32.2 Å². The third-order valence-corrected chi connectivity index (χ3v) is 5.81. The topological polar surface area (TPSA) is 92.4 Å². The summed E-state index contributed by atoms with van der Waals surface area (Å²) in [5, 5.41) is 18.1. The van der Waals surface area contributed by atoms with Crippen LogP contribution >= 0.6 is 15.9 Å². The molecule has 3 rings (SSSR count). The molecule has 6 nitrogen and oxygen atoms in total. The van der Waals surface area contributed by atoms with Gasteiger partial charge in [0.1, 0.15) is 5.82 Å². The molecule has 0 spiro atoms. The maximum atomic E-state index is 13.8. The molecule has 1 atom stereocenters. The predicted molar refractivity (Wildman–Crippen MR) is 119 cm³/mol. The molecule has 0 aliphatic carbocycles. The lowest BCUT2D eigenvalue weighted by Crippen LogP contribution is -2.46. The molecular formula is C23H20BrFN2O4. The number of terminal acetylenes is 1. The summed E-state index contributed by atoms with van der Waals surface area (Å²) in [7, 11) is 0. The van der Waals surface area contributed by atoms with Gasteiger partial charge in [-0.15, -0.1) is 6.42 Å². The fourth-order valence-corrected chi connectivity index (χ4v) is 4.27. The van der Waals surface area contributed by atoms with E-state index in [0.717, 1.165) is 0 Å². The van der Waals surface area contributed by atoms with Crippen molar-refractivity contribution in [2.45, 2.75) is 38.2 Å². The molecule has 2 aromatic carbocycles. The average molecular weight is 487 g/mol. The number of aliphatic hydroxyl groups is 1. The van der Waals surface area contributed by atoms with Gasteiger partial charge in [-0.05, 0) is 54.3 Å². The van der Waals surface area contributed by atoms with Crippen molar-refractivity contribution in [1.29, 1.82) is 0 Å². The van der Waals surface area contributed by atoms with Crippen LogP contribution in [0.1, 0.15) is 31.5 Å². The minimum absolute atomic E-state index is 0.165. The first kappa shape index (κ1) is 22.7. The normalized spacial score (nSPS) is 13.5. The summed E-state index contributed by atoms with van der Waals surface area (Å²) in [6.07, 6.45) is 5.37. The van der Waals surface area contributed by atoms with Crippen molar-refractivity contribution in [3.63, 3.8) is 0 Å². The number of nitrogens with one attached hydrogen (secondary N) is 1. The van der Waals surface area contributed by atoms with E-state index in [1.807, 2.05) is 0 Å². The van der Waals surface area contributed by atoms with Crippen LogP contribution in [-0.2, 0) is 10.2 Å². The molecule has 31 heavy (non-hydrogen) atoms. The molecule has 0 saturated heterocycles. The molecule has 2 N–H and O–H groups in total. The largest absolute Gasteiger partial charge is 0.369 e. The van der Waals surface area contributed by atoms with Crippen molar-refractivity contribution in [1.82, 2.24) is 5.16 Å². The van der Waals surface area contributed by atoms with Crippen LogP contribution in [0.5, 0.6) is 0 Å². The van der Waals surface area contributed by atoms with Gasteiger partial charge < -0.3 is 14.9 Å². The van der Waals surface area contributed by atoms with E-state index in [9.17, 15) is 19.1 Å². The van der Waals surface area contributed by atoms with Gasteiger partial charge in [-0.3, -0.25) is 4.79 Å². The number of benzene rings is 2. The predicted octanol–water partition coefficient (Wildman–Crippen LogP) is 4.07. The van der Waals surface area contributed by atoms with Gasteiger partial charge in [-0.25, -0.2) is 9.18 Å². The van der Waals surface area contributed by atoms with Gasteiger partial charge in [0, 0.05) is 22.0 Å². The van der Waals surface area contributed by atoms with Crippen LogP contribution in [0.3, 0.4) is 0 Å². The lowest BCUT2D eigenvalue weighted by atomic mass is 9.75. The summed E-state index contributed by atoms with van der Waals surface area (Å²) in [6.45, 7) is 5.17. The minimum atomic E-state index is -2.17. The van der Waals surface area contributed by atoms with E-state index in [-0.39, 0.29) is 6.42 Å². The molecule has 8 heteroatoms. The number of aromatic nitrogens is 1. The summed E-state index contributed by atoms with van der Waals surface area (Å²) < 4.78 is 19.1. The fraction of sp³-hybridized carbons (Fsp3) is 0.261. The zero-order valence-electron chi connectivity index (χ0n) is 17.1. The van der Waals surface area contributed by atoms with Gasteiger partial charge in [-0.1, -0.05) is 40.9 Å². The number of halogens is 2. The number of nitrogens with zero attached hydrogens (tertiary/aromatic N) is 1. The monoisotopic (exact) mass is 486 g/mol. The molecule has 0 aliphatic heterocycles. The zero-order chi connectivity index (χ0) is 23.0. The number of carbonyl (C=O) groups is 1. The van der Waals surface area contributed by atoms with Crippen molar-refractivity contribution in [3.8, 4) is 12.3 Å². The van der Waals surface area contributed by atoms with E-state index in [2.05, 4.69) is 36.8 Å². The number of aryl methyl sites for hydroxylation is 1. The molecule has 1 aromatic heterocycles. The van der Waals surface area contributed by atoms with E-state index < -0.39 is 28.4 Å². The van der Waals surface area contributed by atoms with Gasteiger partial charge in [0.15, 0.2) is 0 Å². The Bertz CT molecular complexity index is 1280. The number of anilines is 1. The summed E-state index contributed by atoms with van der Waals surface area (Å²) in [6, 6.07) is 8.75. The van der Waals surface area contributed by atoms with E-state index >= 15 is 0 Å². The molecule has 0 radical (unpaired) electrons. The zero-order valence-corrected chi connectivity index (χ0v) is 18.7. The minimum Gasteiger partial charge on any atom is -0.369 e. The maximum absolute atomic E-state index is 13.8. The maximum Gasteiger partial charge on any atom is 0.366 e. The number of rotatable bonds is 5. The SMILES string of the molecule is C#CC(O)(CC(C)(C)c1cc(F)ccc1Br)C(=O)Nc1ccc2c(=O)onc(C)c2c1. The number of hydrogen-bond donors (Lipinski definition) is 2. The van der Waals surface area contributed by atoms with Crippen molar-refractivity contribution in [3.05, 3.63) is 68.4 Å². The second-order valence-corrected chi connectivity index (χ2v) is 8.81. The Balaban J connectivity index is 1.91. The first-order valence-electron chi connectivity index (χ1n) is 9.34. The molecule has 0 aliphatic rings. The van der Waals surface area contributed by atoms with Gasteiger partial charge in [0.05, 0.1) is 11.1 Å². The second kappa shape index (κ2) is 8.25. The van der Waals surface area contributed by atoms with E-state index in [4.69, 9.17) is 6.42 Å². The van der Waals surface area contributed by atoms with Crippen molar-refractivity contribution in [2.24, 2.45) is 0 Å². The van der Waals surface area contributed by atoms with Crippen LogP contribution in [0.15, 0.2) is 50.2 Å². The second-order valence-electron chi connectivity index (χ2n) is 7.96. The van der Waals surface area contributed by atoms with Gasteiger partial charge in [0.2, 0.25) is 5.60 Å². The Hall–Kier alpha value is -3.02. The third kappa shape index (κ3) is 4.53. The molecule has 1 amide bonds. The van der Waals surface area contributed by atoms with Gasteiger partial charge >= 0.3 is 5.63 Å². The molecule has 0 fully saturated rings. The molecule has 1 heterocycles. The number of carbonyl (C=O) groups excluding carboxylic acids is 1. The number of amides is 1. The first-order valence-corrected chi connectivity index (χ1v) is 10.1. The lowest BCUT2D eigenvalue weighted by molar-refractivity contribution is -0.130. The van der Waals surface area contributed by atoms with Crippen LogP contribution in [0, 0.1) is 25.1 Å². The summed E-state index contributed by atoms with van der Waals surface area (Å²) in [5.41, 5.74) is -2.26. The van der Waals surface area contributed by atoms with Crippen LogP contribution in [0.2, 0.25) is 0 Å². The standard InChI is InChI=1S/C23H20BrFN2O4/c1-5-23(30,12-22(3,4)18-10-14(25)6-9-19(18)24)21(29)26-15-7-8-16-17(11-15)13(2)27-31-20(16)28/h1,6-11,30H,12H2,2-4H3,(H,26,29). The first-order chi connectivity index (χ1) is 14.5. The van der Waals surface area contributed by atoms with Crippen LogP contribution in [-0.4, -0.2) is 21.8 Å². The van der Waals surface area contributed by atoms with Crippen LogP contribution in [0.4, 0.5) is 10.1 Å². The summed E-state index contributed by atoms with van der Waals surface area (Å²) in [4.78, 5) is 24.7. The average Bonchev–Trinajstić information content (AvgIpc) is 2.72. The van der Waals surface area contributed by atoms with E-state index in [1.54, 1.807) is 32.9 Å². The van der Waals surface area contributed by atoms with Crippen LogP contribution in [0.25, 0.3) is 10.8 Å². The molecule has 160 valence electrons. The highest BCUT2D eigenvalue weighted by atomic mass is 79.9. The lowest BCUT2D eigenvalue weighted by Gasteiger charge is -2.33. The Morgan fingerprint density at radius 2 is 2.00 bits per heavy atom. The van der Waals surface area contributed by atoms with Crippen molar-refractivity contribution in [2.75, 3.05) is 5.32 Å². The Morgan fingerprint density at radius 1 is 1.29 bits per heavy atom.